The van der Waals surface area contributed by atoms with Crippen LogP contribution in [0.5, 0.6) is 28.7 Å². The minimum Gasteiger partial charge on any atom is -0.494 e. The molecule has 148 valence electrons. The largest absolute Gasteiger partial charge is 0.494 e. The van der Waals surface area contributed by atoms with E-state index < -0.39 is 0 Å². The van der Waals surface area contributed by atoms with Crippen molar-refractivity contribution in [2.24, 2.45) is 0 Å². The lowest BCUT2D eigenvalue weighted by molar-refractivity contribution is 0.288. The fraction of sp³-hybridized carbons (Fsp3) is 0.400. The number of nitrogens with one attached hydrogen (secondary N) is 1. The zero-order chi connectivity index (χ0) is 19.5. The van der Waals surface area contributed by atoms with Gasteiger partial charge in [-0.2, -0.15) is 0 Å². The normalized spacial score (nSPS) is 10.4. The van der Waals surface area contributed by atoms with E-state index >= 15 is 0 Å². The Morgan fingerprint density at radius 3 is 2.00 bits per heavy atom. The molecule has 0 aliphatic carbocycles. The Balaban J connectivity index is 1.64. The third-order valence-corrected chi connectivity index (χ3v) is 4.02. The zero-order valence-electron chi connectivity index (χ0n) is 15.9. The number of methoxy groups -OCH3 is 3. The van der Waals surface area contributed by atoms with E-state index in [4.69, 9.17) is 35.3 Å². The van der Waals surface area contributed by atoms with Crippen LogP contribution in [0.15, 0.2) is 36.4 Å². The molecule has 27 heavy (non-hydrogen) atoms. The van der Waals surface area contributed by atoms with Crippen molar-refractivity contribution in [2.75, 3.05) is 47.6 Å². The topological polar surface area (TPSA) is 58.2 Å². The van der Waals surface area contributed by atoms with Gasteiger partial charge in [0.1, 0.15) is 18.1 Å². The summed E-state index contributed by atoms with van der Waals surface area (Å²) < 4.78 is 27.3. The number of hydrogen-bond donors (Lipinski definition) is 1. The molecule has 7 heteroatoms. The van der Waals surface area contributed by atoms with Gasteiger partial charge in [0.25, 0.3) is 0 Å². The van der Waals surface area contributed by atoms with Gasteiger partial charge in [0.15, 0.2) is 11.5 Å². The summed E-state index contributed by atoms with van der Waals surface area (Å²) in [6.07, 6.45) is 0.896. The predicted octanol–water partition coefficient (Wildman–Crippen LogP) is 3.80. The second kappa shape index (κ2) is 11.4. The van der Waals surface area contributed by atoms with Gasteiger partial charge >= 0.3 is 0 Å². The molecular weight excluding hydrogens is 370 g/mol. The molecule has 2 aromatic rings. The monoisotopic (exact) mass is 395 g/mol. The van der Waals surface area contributed by atoms with E-state index in [1.807, 2.05) is 24.3 Å². The van der Waals surface area contributed by atoms with E-state index in [0.717, 1.165) is 25.3 Å². The molecule has 0 saturated carbocycles. The summed E-state index contributed by atoms with van der Waals surface area (Å²) in [7, 11) is 4.73. The molecule has 0 saturated heterocycles. The summed E-state index contributed by atoms with van der Waals surface area (Å²) in [5.74, 6) is 3.17. The highest BCUT2D eigenvalue weighted by atomic mass is 35.5. The molecule has 1 N–H and O–H groups in total. The Morgan fingerprint density at radius 2 is 1.41 bits per heavy atom. The number of rotatable bonds is 12. The molecular formula is C20H26ClNO5. The Morgan fingerprint density at radius 1 is 0.778 bits per heavy atom. The summed E-state index contributed by atoms with van der Waals surface area (Å²) in [6, 6.07) is 10.9. The molecule has 0 radical (unpaired) electrons. The van der Waals surface area contributed by atoms with Crippen LogP contribution < -0.4 is 29.0 Å². The summed E-state index contributed by atoms with van der Waals surface area (Å²) in [4.78, 5) is 0. The van der Waals surface area contributed by atoms with Crippen molar-refractivity contribution in [2.45, 2.75) is 6.42 Å². The first-order valence-corrected chi connectivity index (χ1v) is 9.07. The Bertz CT molecular complexity index is 668. The Labute approximate surface area is 165 Å². The van der Waals surface area contributed by atoms with Crippen molar-refractivity contribution in [3.8, 4) is 28.7 Å². The average Bonchev–Trinajstić information content (AvgIpc) is 2.70. The van der Waals surface area contributed by atoms with Gasteiger partial charge in [0.05, 0.1) is 27.9 Å². The molecule has 0 heterocycles. The van der Waals surface area contributed by atoms with E-state index in [1.165, 1.54) is 0 Å². The molecule has 2 aromatic carbocycles. The first kappa shape index (κ1) is 21.0. The van der Waals surface area contributed by atoms with E-state index in [9.17, 15) is 0 Å². The van der Waals surface area contributed by atoms with Crippen molar-refractivity contribution in [3.05, 3.63) is 41.4 Å². The molecule has 0 aliphatic rings. The molecule has 6 nitrogen and oxygen atoms in total. The van der Waals surface area contributed by atoms with Crippen molar-refractivity contribution >= 4 is 11.6 Å². The number of benzene rings is 2. The quantitative estimate of drug-likeness (QED) is 0.551. The van der Waals surface area contributed by atoms with Gasteiger partial charge in [-0.05, 0) is 37.2 Å². The average molecular weight is 396 g/mol. The highest BCUT2D eigenvalue weighted by molar-refractivity contribution is 6.30. The predicted molar refractivity (Wildman–Crippen MR) is 106 cm³/mol. The van der Waals surface area contributed by atoms with E-state index in [2.05, 4.69) is 5.32 Å². The van der Waals surface area contributed by atoms with Crippen LogP contribution in [-0.2, 0) is 0 Å². The van der Waals surface area contributed by atoms with Crippen molar-refractivity contribution in [1.82, 2.24) is 5.32 Å². The van der Waals surface area contributed by atoms with Crippen LogP contribution in [0.4, 0.5) is 0 Å². The maximum atomic E-state index is 5.84. The summed E-state index contributed by atoms with van der Waals surface area (Å²) >= 11 is 5.84. The van der Waals surface area contributed by atoms with E-state index in [0.29, 0.717) is 41.2 Å². The first-order valence-electron chi connectivity index (χ1n) is 8.69. The summed E-state index contributed by atoms with van der Waals surface area (Å²) in [5, 5.41) is 4.02. The molecule has 0 spiro atoms. The molecule has 2 rings (SSSR count). The van der Waals surface area contributed by atoms with Crippen LogP contribution in [0.25, 0.3) is 0 Å². The van der Waals surface area contributed by atoms with Gasteiger partial charge in [-0.15, -0.1) is 0 Å². The van der Waals surface area contributed by atoms with Crippen molar-refractivity contribution in [1.29, 1.82) is 0 Å². The van der Waals surface area contributed by atoms with E-state index in [-0.39, 0.29) is 0 Å². The minimum absolute atomic E-state index is 0.524. The van der Waals surface area contributed by atoms with Crippen molar-refractivity contribution in [3.63, 3.8) is 0 Å². The van der Waals surface area contributed by atoms with Crippen LogP contribution in [0.3, 0.4) is 0 Å². The van der Waals surface area contributed by atoms with Crippen LogP contribution in [0.1, 0.15) is 6.42 Å². The van der Waals surface area contributed by atoms with Gasteiger partial charge in [-0.25, -0.2) is 0 Å². The molecule has 0 aliphatic heterocycles. The van der Waals surface area contributed by atoms with Gasteiger partial charge in [-0.3, -0.25) is 0 Å². The minimum atomic E-state index is 0.524. The van der Waals surface area contributed by atoms with E-state index in [1.54, 1.807) is 33.5 Å². The smallest absolute Gasteiger partial charge is 0.203 e. The van der Waals surface area contributed by atoms with Crippen molar-refractivity contribution < 1.29 is 23.7 Å². The highest BCUT2D eigenvalue weighted by Crippen LogP contribution is 2.40. The lowest BCUT2D eigenvalue weighted by Gasteiger charge is -2.14. The fourth-order valence-corrected chi connectivity index (χ4v) is 2.55. The van der Waals surface area contributed by atoms with Crippen LogP contribution in [-0.4, -0.2) is 47.6 Å². The second-order valence-corrected chi connectivity index (χ2v) is 6.05. The molecule has 0 bridgehead atoms. The molecule has 0 fully saturated rings. The number of hydrogen-bond acceptors (Lipinski definition) is 6. The van der Waals surface area contributed by atoms with Gasteiger partial charge in [-0.1, -0.05) is 11.6 Å². The number of ether oxygens (including phenoxy) is 5. The molecule has 0 atom stereocenters. The lowest BCUT2D eigenvalue weighted by Crippen LogP contribution is -2.23. The van der Waals surface area contributed by atoms with Crippen LogP contribution in [0, 0.1) is 0 Å². The van der Waals surface area contributed by atoms with Gasteiger partial charge in [0.2, 0.25) is 5.75 Å². The van der Waals surface area contributed by atoms with Crippen LogP contribution in [0.2, 0.25) is 5.02 Å². The third-order valence-electron chi connectivity index (χ3n) is 3.77. The highest BCUT2D eigenvalue weighted by Gasteiger charge is 2.13. The SMILES string of the molecule is COc1cc(OCCNCCCOc2ccc(Cl)cc2)cc(OC)c1OC. The molecule has 0 aromatic heterocycles. The summed E-state index contributed by atoms with van der Waals surface area (Å²) in [5.41, 5.74) is 0. The van der Waals surface area contributed by atoms with Crippen LogP contribution >= 0.6 is 11.6 Å². The standard InChI is InChI=1S/C20H26ClNO5/c1-23-18-13-17(14-19(24-2)20(18)25-3)27-12-10-22-9-4-11-26-16-7-5-15(21)6-8-16/h5-8,13-14,22H,4,9-12H2,1-3H3. The third kappa shape index (κ3) is 6.73. The maximum Gasteiger partial charge on any atom is 0.203 e. The van der Waals surface area contributed by atoms with Gasteiger partial charge < -0.3 is 29.0 Å². The Kier molecular flexibility index (Phi) is 8.87. The van der Waals surface area contributed by atoms with Gasteiger partial charge in [0, 0.05) is 23.7 Å². The fourth-order valence-electron chi connectivity index (χ4n) is 2.42. The second-order valence-electron chi connectivity index (χ2n) is 5.62. The Hall–Kier alpha value is -2.31. The zero-order valence-corrected chi connectivity index (χ0v) is 16.7. The molecule has 0 amide bonds. The number of halogens is 1. The summed E-state index contributed by atoms with van der Waals surface area (Å²) in [6.45, 7) is 2.73. The maximum absolute atomic E-state index is 5.84. The first-order chi connectivity index (χ1) is 13.2. The molecule has 0 unspecified atom stereocenters. The lowest BCUT2D eigenvalue weighted by atomic mass is 10.2.